The van der Waals surface area contributed by atoms with Crippen LogP contribution in [0, 0.1) is 6.92 Å². The Bertz CT molecular complexity index is 454. The molecule has 0 aromatic heterocycles. The van der Waals surface area contributed by atoms with Crippen LogP contribution in [0.5, 0.6) is 0 Å². The zero-order chi connectivity index (χ0) is 14.1. The van der Waals surface area contributed by atoms with E-state index in [0.29, 0.717) is 5.75 Å². The molecule has 1 aromatic carbocycles. The van der Waals surface area contributed by atoms with Gasteiger partial charge in [-0.25, -0.2) is 4.79 Å². The van der Waals surface area contributed by atoms with Gasteiger partial charge in [-0.1, -0.05) is 35.9 Å². The van der Waals surface area contributed by atoms with Gasteiger partial charge in [-0.2, -0.15) is 0 Å². The van der Waals surface area contributed by atoms with Crippen molar-refractivity contribution in [3.05, 3.63) is 47.5 Å². The van der Waals surface area contributed by atoms with Crippen LogP contribution < -0.4 is 5.32 Å². The van der Waals surface area contributed by atoms with Gasteiger partial charge in [0.2, 0.25) is 5.91 Å². The minimum absolute atomic E-state index is 0.0906. The van der Waals surface area contributed by atoms with Gasteiger partial charge in [0.1, 0.15) is 0 Å². The van der Waals surface area contributed by atoms with Gasteiger partial charge in [-0.05, 0) is 12.5 Å². The average Bonchev–Trinajstić information content (AvgIpc) is 2.37. The van der Waals surface area contributed by atoms with Crippen molar-refractivity contribution in [1.29, 1.82) is 0 Å². The summed E-state index contributed by atoms with van der Waals surface area (Å²) in [5, 5.41) is 11.0. The number of rotatable bonds is 7. The first-order valence-electron chi connectivity index (χ1n) is 5.87. The van der Waals surface area contributed by atoms with Crippen LogP contribution in [-0.2, 0) is 15.3 Å². The molecule has 1 aromatic rings. The molecule has 5 heteroatoms. The van der Waals surface area contributed by atoms with Crippen LogP contribution in [0.1, 0.15) is 11.1 Å². The third-order valence-corrected chi connectivity index (χ3v) is 3.30. The number of carboxylic acids is 1. The minimum Gasteiger partial charge on any atom is -0.478 e. The molecule has 0 saturated carbocycles. The van der Waals surface area contributed by atoms with E-state index in [1.807, 2.05) is 19.1 Å². The van der Waals surface area contributed by atoms with Crippen molar-refractivity contribution in [3.63, 3.8) is 0 Å². The molecule has 19 heavy (non-hydrogen) atoms. The quantitative estimate of drug-likeness (QED) is 0.749. The van der Waals surface area contributed by atoms with Crippen LogP contribution in [0.15, 0.2) is 36.4 Å². The van der Waals surface area contributed by atoms with Gasteiger partial charge in [-0.3, -0.25) is 4.79 Å². The van der Waals surface area contributed by atoms with Gasteiger partial charge < -0.3 is 10.4 Å². The number of amides is 1. The van der Waals surface area contributed by atoms with E-state index in [1.54, 1.807) is 0 Å². The lowest BCUT2D eigenvalue weighted by atomic mass is 10.2. The zero-order valence-corrected chi connectivity index (χ0v) is 11.6. The summed E-state index contributed by atoms with van der Waals surface area (Å²) < 4.78 is 0. The van der Waals surface area contributed by atoms with Crippen molar-refractivity contribution in [2.45, 2.75) is 12.7 Å². The summed E-state index contributed by atoms with van der Waals surface area (Å²) in [6.07, 6.45) is 2.42. The number of aryl methyl sites for hydroxylation is 1. The number of nitrogens with one attached hydrogen (secondary N) is 1. The van der Waals surface area contributed by atoms with E-state index in [2.05, 4.69) is 17.4 Å². The van der Waals surface area contributed by atoms with E-state index < -0.39 is 5.97 Å². The van der Waals surface area contributed by atoms with E-state index >= 15 is 0 Å². The minimum atomic E-state index is -1.01. The summed E-state index contributed by atoms with van der Waals surface area (Å²) in [4.78, 5) is 21.6. The monoisotopic (exact) mass is 279 g/mol. The molecule has 0 saturated heterocycles. The van der Waals surface area contributed by atoms with Crippen LogP contribution in [0.4, 0.5) is 0 Å². The predicted molar refractivity (Wildman–Crippen MR) is 77.1 cm³/mol. The molecule has 0 heterocycles. The largest absolute Gasteiger partial charge is 0.478 e. The lowest BCUT2D eigenvalue weighted by molar-refractivity contribution is -0.131. The van der Waals surface area contributed by atoms with Crippen molar-refractivity contribution in [1.82, 2.24) is 5.32 Å². The lowest BCUT2D eigenvalue weighted by Gasteiger charge is -2.03. The third kappa shape index (κ3) is 7.31. The fourth-order valence-electron chi connectivity index (χ4n) is 1.33. The highest BCUT2D eigenvalue weighted by Crippen LogP contribution is 2.12. The van der Waals surface area contributed by atoms with E-state index in [9.17, 15) is 9.59 Å². The summed E-state index contributed by atoms with van der Waals surface area (Å²) in [5.41, 5.74) is 2.41. The molecule has 102 valence electrons. The van der Waals surface area contributed by atoms with Gasteiger partial charge in [0.15, 0.2) is 0 Å². The van der Waals surface area contributed by atoms with E-state index in [-0.39, 0.29) is 12.5 Å². The normalized spacial score (nSPS) is 10.6. The molecule has 0 fully saturated rings. The summed E-state index contributed by atoms with van der Waals surface area (Å²) in [6, 6.07) is 8.20. The van der Waals surface area contributed by atoms with Crippen LogP contribution >= 0.6 is 11.8 Å². The second kappa shape index (κ2) is 8.37. The Labute approximate surface area is 116 Å². The average molecular weight is 279 g/mol. The summed E-state index contributed by atoms with van der Waals surface area (Å²) in [5.74, 6) is 0.0585. The number of carboxylic acid groups (broad SMARTS) is 1. The molecule has 0 aliphatic carbocycles. The van der Waals surface area contributed by atoms with Gasteiger partial charge in [0.05, 0.1) is 5.75 Å². The molecule has 0 aliphatic heterocycles. The molecular formula is C14H17NO3S. The topological polar surface area (TPSA) is 66.4 Å². The van der Waals surface area contributed by atoms with E-state index in [4.69, 9.17) is 5.11 Å². The first kappa shape index (κ1) is 15.3. The second-order valence-electron chi connectivity index (χ2n) is 4.02. The fourth-order valence-corrected chi connectivity index (χ4v) is 2.15. The number of aliphatic carboxylic acids is 1. The number of carbonyl (C=O) groups is 2. The zero-order valence-electron chi connectivity index (χ0n) is 10.8. The van der Waals surface area contributed by atoms with Gasteiger partial charge in [0.25, 0.3) is 0 Å². The molecule has 0 unspecified atom stereocenters. The molecule has 1 amide bonds. The molecule has 1 rings (SSSR count). The fraction of sp³-hybridized carbons (Fsp3) is 0.286. The highest BCUT2D eigenvalue weighted by Gasteiger charge is 2.00. The predicted octanol–water partition coefficient (Wildman–Crippen LogP) is 1.99. The Kier molecular flexibility index (Phi) is 6.74. The standard InChI is InChI=1S/C14H17NO3S/c1-11-4-6-12(7-5-11)9-19-10-13(16)15-8-2-3-14(17)18/h2-7H,8-10H2,1H3,(H,15,16)(H,17,18)/b3-2+. The highest BCUT2D eigenvalue weighted by molar-refractivity contribution is 7.99. The van der Waals surface area contributed by atoms with Crippen molar-refractivity contribution < 1.29 is 14.7 Å². The van der Waals surface area contributed by atoms with E-state index in [1.165, 1.54) is 29.0 Å². The van der Waals surface area contributed by atoms with Gasteiger partial charge in [-0.15, -0.1) is 11.8 Å². The Morgan fingerprint density at radius 2 is 2.00 bits per heavy atom. The molecule has 0 radical (unpaired) electrons. The third-order valence-electron chi connectivity index (χ3n) is 2.30. The molecule has 0 bridgehead atoms. The summed E-state index contributed by atoms with van der Waals surface area (Å²) >= 11 is 1.53. The number of thioether (sulfide) groups is 1. The molecule has 0 aliphatic rings. The van der Waals surface area contributed by atoms with E-state index in [0.717, 1.165) is 11.8 Å². The van der Waals surface area contributed by atoms with Crippen LogP contribution in [0.3, 0.4) is 0 Å². The number of hydrogen-bond acceptors (Lipinski definition) is 3. The molecule has 0 spiro atoms. The molecule has 0 atom stereocenters. The molecular weight excluding hydrogens is 262 g/mol. The SMILES string of the molecule is Cc1ccc(CSCC(=O)NC/C=C/C(=O)O)cc1. The van der Waals surface area contributed by atoms with Gasteiger partial charge >= 0.3 is 5.97 Å². The van der Waals surface area contributed by atoms with Crippen LogP contribution in [-0.4, -0.2) is 29.3 Å². The molecule has 2 N–H and O–H groups in total. The maximum Gasteiger partial charge on any atom is 0.328 e. The van der Waals surface area contributed by atoms with Crippen molar-refractivity contribution in [3.8, 4) is 0 Å². The maximum atomic E-state index is 11.4. The number of hydrogen-bond donors (Lipinski definition) is 2. The second-order valence-corrected chi connectivity index (χ2v) is 5.01. The lowest BCUT2D eigenvalue weighted by Crippen LogP contribution is -2.25. The van der Waals surface area contributed by atoms with Crippen molar-refractivity contribution in [2.24, 2.45) is 0 Å². The van der Waals surface area contributed by atoms with Crippen LogP contribution in [0.25, 0.3) is 0 Å². The number of carbonyl (C=O) groups excluding carboxylic acids is 1. The first-order valence-corrected chi connectivity index (χ1v) is 7.03. The van der Waals surface area contributed by atoms with Crippen molar-refractivity contribution in [2.75, 3.05) is 12.3 Å². The van der Waals surface area contributed by atoms with Crippen LogP contribution in [0.2, 0.25) is 0 Å². The Hall–Kier alpha value is -1.75. The smallest absolute Gasteiger partial charge is 0.328 e. The highest BCUT2D eigenvalue weighted by atomic mass is 32.2. The summed E-state index contributed by atoms with van der Waals surface area (Å²) in [7, 11) is 0. The molecule has 4 nitrogen and oxygen atoms in total. The summed E-state index contributed by atoms with van der Waals surface area (Å²) in [6.45, 7) is 2.28. The van der Waals surface area contributed by atoms with Gasteiger partial charge in [0, 0.05) is 18.4 Å². The Morgan fingerprint density at radius 1 is 1.32 bits per heavy atom. The van der Waals surface area contributed by atoms with Crippen molar-refractivity contribution >= 4 is 23.6 Å². The first-order chi connectivity index (χ1) is 9.08. The Balaban J connectivity index is 2.16. The Morgan fingerprint density at radius 3 is 2.63 bits per heavy atom. The number of benzene rings is 1. The maximum absolute atomic E-state index is 11.4.